The maximum absolute atomic E-state index is 12.4. The van der Waals surface area contributed by atoms with Gasteiger partial charge in [-0.3, -0.25) is 19.6 Å². The molecule has 28 heavy (non-hydrogen) atoms. The predicted octanol–water partition coefficient (Wildman–Crippen LogP) is 2.38. The van der Waals surface area contributed by atoms with E-state index in [9.17, 15) is 19.7 Å². The molecule has 1 N–H and O–H groups in total. The summed E-state index contributed by atoms with van der Waals surface area (Å²) in [6.07, 6.45) is 0. The van der Waals surface area contributed by atoms with Crippen molar-refractivity contribution in [3.05, 3.63) is 56.9 Å². The highest BCUT2D eigenvalue weighted by Crippen LogP contribution is 2.22. The SMILES string of the molecule is COC(=O)[C@@H](NC(=O)c1ccc(Cn2nc(C)c([N+](=O)[O-])c2C)cc1)C(C)C. The second-order valence-corrected chi connectivity index (χ2v) is 6.85. The van der Waals surface area contributed by atoms with Gasteiger partial charge in [0.05, 0.1) is 18.6 Å². The van der Waals surface area contributed by atoms with Crippen LogP contribution >= 0.6 is 0 Å². The number of hydrogen-bond acceptors (Lipinski definition) is 6. The zero-order valence-electron chi connectivity index (χ0n) is 16.6. The molecule has 0 aliphatic heterocycles. The molecule has 0 spiro atoms. The Morgan fingerprint density at radius 3 is 2.32 bits per heavy atom. The highest BCUT2D eigenvalue weighted by Gasteiger charge is 2.25. The molecule has 9 heteroatoms. The number of aryl methyl sites for hydroxylation is 1. The fourth-order valence-electron chi connectivity index (χ4n) is 2.89. The van der Waals surface area contributed by atoms with E-state index in [0.717, 1.165) is 5.56 Å². The Bertz CT molecular complexity index is 886. The van der Waals surface area contributed by atoms with Crippen LogP contribution in [-0.2, 0) is 16.1 Å². The van der Waals surface area contributed by atoms with E-state index in [1.807, 2.05) is 13.8 Å². The third kappa shape index (κ3) is 4.54. The standard InChI is InChI=1S/C19H24N4O5/c1-11(2)16(19(25)28-5)20-18(24)15-8-6-14(7-9-15)10-22-13(4)17(23(26)27)12(3)21-22/h6-9,11,16H,10H2,1-5H3,(H,20,24)/t16-/m0/s1. The number of carbonyl (C=O) groups excluding carboxylic acids is 2. The number of methoxy groups -OCH3 is 1. The molecule has 0 saturated heterocycles. The number of nitro groups is 1. The molecule has 0 fully saturated rings. The summed E-state index contributed by atoms with van der Waals surface area (Å²) >= 11 is 0. The number of amides is 1. The summed E-state index contributed by atoms with van der Waals surface area (Å²) in [5, 5.41) is 18.0. The van der Waals surface area contributed by atoms with Crippen molar-refractivity contribution in [3.8, 4) is 0 Å². The summed E-state index contributed by atoms with van der Waals surface area (Å²) < 4.78 is 6.29. The van der Waals surface area contributed by atoms with Gasteiger partial charge >= 0.3 is 11.7 Å². The van der Waals surface area contributed by atoms with Crippen molar-refractivity contribution in [1.82, 2.24) is 15.1 Å². The van der Waals surface area contributed by atoms with E-state index in [-0.39, 0.29) is 17.5 Å². The lowest BCUT2D eigenvalue weighted by molar-refractivity contribution is -0.386. The molecule has 0 aliphatic rings. The van der Waals surface area contributed by atoms with Gasteiger partial charge in [-0.25, -0.2) is 4.79 Å². The van der Waals surface area contributed by atoms with Gasteiger partial charge in [-0.05, 0) is 37.5 Å². The molecule has 150 valence electrons. The average Bonchev–Trinajstić information content (AvgIpc) is 2.92. The fraction of sp³-hybridized carbons (Fsp3) is 0.421. The molecule has 0 radical (unpaired) electrons. The maximum atomic E-state index is 12.4. The molecule has 9 nitrogen and oxygen atoms in total. The molecule has 1 aromatic carbocycles. The molecule has 0 unspecified atom stereocenters. The van der Waals surface area contributed by atoms with Crippen molar-refractivity contribution in [1.29, 1.82) is 0 Å². The average molecular weight is 388 g/mol. The second kappa shape index (κ2) is 8.64. The minimum atomic E-state index is -0.729. The van der Waals surface area contributed by atoms with E-state index in [0.29, 0.717) is 23.5 Å². The van der Waals surface area contributed by atoms with Gasteiger partial charge in [0.15, 0.2) is 0 Å². The van der Waals surface area contributed by atoms with Gasteiger partial charge in [0, 0.05) is 5.56 Å². The van der Waals surface area contributed by atoms with Crippen LogP contribution < -0.4 is 5.32 Å². The Morgan fingerprint density at radius 2 is 1.86 bits per heavy atom. The van der Waals surface area contributed by atoms with Gasteiger partial charge in [-0.2, -0.15) is 5.10 Å². The molecule has 1 heterocycles. The van der Waals surface area contributed by atoms with Gasteiger partial charge in [-0.15, -0.1) is 0 Å². The first kappa shape index (κ1) is 21.1. The number of aromatic nitrogens is 2. The normalized spacial score (nSPS) is 11.9. The summed E-state index contributed by atoms with van der Waals surface area (Å²) in [7, 11) is 1.28. The minimum absolute atomic E-state index is 0.0125. The molecule has 1 aromatic heterocycles. The zero-order valence-corrected chi connectivity index (χ0v) is 16.6. The number of esters is 1. The minimum Gasteiger partial charge on any atom is -0.467 e. The third-order valence-electron chi connectivity index (χ3n) is 4.48. The van der Waals surface area contributed by atoms with Crippen LogP contribution in [0.4, 0.5) is 5.69 Å². The number of nitrogens with zero attached hydrogens (tertiary/aromatic N) is 3. The Kier molecular flexibility index (Phi) is 6.50. The van der Waals surface area contributed by atoms with Crippen LogP contribution in [0, 0.1) is 29.9 Å². The van der Waals surface area contributed by atoms with Gasteiger partial charge in [0.2, 0.25) is 0 Å². The zero-order chi connectivity index (χ0) is 21.0. The molecule has 0 saturated carbocycles. The lowest BCUT2D eigenvalue weighted by Gasteiger charge is -2.19. The van der Waals surface area contributed by atoms with Crippen molar-refractivity contribution < 1.29 is 19.2 Å². The van der Waals surface area contributed by atoms with E-state index >= 15 is 0 Å². The first-order valence-corrected chi connectivity index (χ1v) is 8.81. The lowest BCUT2D eigenvalue weighted by atomic mass is 10.0. The smallest absolute Gasteiger partial charge is 0.328 e. The molecule has 1 amide bonds. The highest BCUT2D eigenvalue weighted by atomic mass is 16.6. The first-order chi connectivity index (χ1) is 13.1. The molecule has 1 atom stereocenters. The predicted molar refractivity (Wildman–Crippen MR) is 102 cm³/mol. The van der Waals surface area contributed by atoms with Gasteiger partial charge < -0.3 is 10.1 Å². The molecular weight excluding hydrogens is 364 g/mol. The van der Waals surface area contributed by atoms with Gasteiger partial charge in [0.25, 0.3) is 5.91 Å². The fourth-order valence-corrected chi connectivity index (χ4v) is 2.89. The molecule has 2 aromatic rings. The van der Waals surface area contributed by atoms with Crippen LogP contribution in [0.25, 0.3) is 0 Å². The monoisotopic (exact) mass is 388 g/mol. The van der Waals surface area contributed by atoms with Crippen LogP contribution in [-0.4, -0.2) is 39.7 Å². The molecule has 2 rings (SSSR count). The lowest BCUT2D eigenvalue weighted by Crippen LogP contribution is -2.45. The first-order valence-electron chi connectivity index (χ1n) is 8.81. The number of nitrogens with one attached hydrogen (secondary N) is 1. The van der Waals surface area contributed by atoms with Gasteiger partial charge in [-0.1, -0.05) is 26.0 Å². The van der Waals surface area contributed by atoms with Crippen LogP contribution in [0.3, 0.4) is 0 Å². The van der Waals surface area contributed by atoms with Crippen molar-refractivity contribution >= 4 is 17.6 Å². The molecule has 0 aliphatic carbocycles. The van der Waals surface area contributed by atoms with Crippen molar-refractivity contribution in [2.45, 2.75) is 40.3 Å². The van der Waals surface area contributed by atoms with Crippen LogP contribution in [0.5, 0.6) is 0 Å². The summed E-state index contributed by atoms with van der Waals surface area (Å²) in [5.74, 6) is -0.985. The van der Waals surface area contributed by atoms with Gasteiger partial charge in [0.1, 0.15) is 17.4 Å². The van der Waals surface area contributed by atoms with E-state index in [1.165, 1.54) is 7.11 Å². The number of carbonyl (C=O) groups is 2. The number of ether oxygens (including phenoxy) is 1. The largest absolute Gasteiger partial charge is 0.467 e. The van der Waals surface area contributed by atoms with E-state index in [2.05, 4.69) is 10.4 Å². The van der Waals surface area contributed by atoms with Crippen molar-refractivity contribution in [2.24, 2.45) is 5.92 Å². The Hall–Kier alpha value is -3.23. The number of hydrogen-bond donors (Lipinski definition) is 1. The number of rotatable bonds is 7. The Balaban J connectivity index is 2.13. The summed E-state index contributed by atoms with van der Waals surface area (Å²) in [6.45, 7) is 7.23. The van der Waals surface area contributed by atoms with Crippen molar-refractivity contribution in [3.63, 3.8) is 0 Å². The maximum Gasteiger partial charge on any atom is 0.328 e. The molecular formula is C19H24N4O5. The number of benzene rings is 1. The summed E-state index contributed by atoms with van der Waals surface area (Å²) in [4.78, 5) is 34.9. The van der Waals surface area contributed by atoms with Crippen LogP contribution in [0.15, 0.2) is 24.3 Å². The van der Waals surface area contributed by atoms with E-state index in [1.54, 1.807) is 42.8 Å². The highest BCUT2D eigenvalue weighted by molar-refractivity contribution is 5.96. The summed E-state index contributed by atoms with van der Waals surface area (Å²) in [6, 6.07) is 6.05. The van der Waals surface area contributed by atoms with Crippen LogP contribution in [0.2, 0.25) is 0 Å². The van der Waals surface area contributed by atoms with Crippen molar-refractivity contribution in [2.75, 3.05) is 7.11 Å². The Morgan fingerprint density at radius 1 is 1.25 bits per heavy atom. The second-order valence-electron chi connectivity index (χ2n) is 6.85. The van der Waals surface area contributed by atoms with E-state index < -0.39 is 16.9 Å². The summed E-state index contributed by atoms with van der Waals surface area (Å²) in [5.41, 5.74) is 2.09. The topological polar surface area (TPSA) is 116 Å². The van der Waals surface area contributed by atoms with Crippen LogP contribution in [0.1, 0.15) is 41.2 Å². The quantitative estimate of drug-likeness (QED) is 0.442. The Labute approximate surface area is 162 Å². The third-order valence-corrected chi connectivity index (χ3v) is 4.48. The van der Waals surface area contributed by atoms with E-state index in [4.69, 9.17) is 4.74 Å². The molecule has 0 bridgehead atoms.